The number of hydrogen-bond donors (Lipinski definition) is 1. The van der Waals surface area contributed by atoms with E-state index in [4.69, 9.17) is 4.74 Å². The molecule has 0 amide bonds. The molecule has 0 aliphatic carbocycles. The van der Waals surface area contributed by atoms with Crippen molar-refractivity contribution in [1.82, 2.24) is 4.72 Å². The van der Waals surface area contributed by atoms with Gasteiger partial charge in [-0.2, -0.15) is 0 Å². The number of nitrogens with one attached hydrogen (secondary N) is 1. The lowest BCUT2D eigenvalue weighted by molar-refractivity contribution is 0.0318. The maximum Gasteiger partial charge on any atom is 0.212 e. The first-order valence-corrected chi connectivity index (χ1v) is 5.82. The van der Waals surface area contributed by atoms with Crippen molar-refractivity contribution in [3.63, 3.8) is 0 Å². The molecule has 5 heteroatoms. The Hall–Kier alpha value is -0.130. The van der Waals surface area contributed by atoms with Gasteiger partial charge in [0.2, 0.25) is 10.0 Å². The van der Waals surface area contributed by atoms with Crippen LogP contribution in [-0.2, 0) is 14.8 Å². The Morgan fingerprint density at radius 2 is 1.92 bits per heavy atom. The number of ether oxygens (including phenoxy) is 1. The van der Waals surface area contributed by atoms with Gasteiger partial charge in [-0.25, -0.2) is 13.1 Å². The molecule has 0 aromatic rings. The number of sulfonamides is 1. The van der Waals surface area contributed by atoms with Crippen LogP contribution in [0.25, 0.3) is 0 Å². The van der Waals surface area contributed by atoms with Gasteiger partial charge in [0.15, 0.2) is 0 Å². The predicted octanol–water partition coefficient (Wildman–Crippen LogP) is -0.284. The molecule has 1 spiro atoms. The lowest BCUT2D eigenvalue weighted by Crippen LogP contribution is -2.33. The molecule has 0 radical (unpaired) electrons. The van der Waals surface area contributed by atoms with Crippen LogP contribution in [0, 0.1) is 5.41 Å². The Kier molecular flexibility index (Phi) is 1.89. The summed E-state index contributed by atoms with van der Waals surface area (Å²) >= 11 is 0. The smallest absolute Gasteiger partial charge is 0.212 e. The van der Waals surface area contributed by atoms with E-state index in [1.165, 1.54) is 0 Å². The van der Waals surface area contributed by atoms with Gasteiger partial charge in [-0.15, -0.1) is 0 Å². The molecule has 0 unspecified atom stereocenters. The molecule has 0 saturated carbocycles. The van der Waals surface area contributed by atoms with Gasteiger partial charge in [-0.1, -0.05) is 0 Å². The molecule has 2 saturated heterocycles. The van der Waals surface area contributed by atoms with E-state index in [9.17, 15) is 8.42 Å². The molecular formula is C7H13NO3S. The predicted molar refractivity (Wildman–Crippen MR) is 44.3 cm³/mol. The average Bonchev–Trinajstić information content (AvgIpc) is 2.29. The first-order valence-electron chi connectivity index (χ1n) is 4.17. The second-order valence-electron chi connectivity index (χ2n) is 3.69. The van der Waals surface area contributed by atoms with Crippen molar-refractivity contribution in [2.75, 3.05) is 25.5 Å². The highest BCUT2D eigenvalue weighted by molar-refractivity contribution is 7.89. The SMILES string of the molecule is O=S1(=O)CC2(CCOCC2)CN1. The van der Waals surface area contributed by atoms with E-state index < -0.39 is 10.0 Å². The highest BCUT2D eigenvalue weighted by Gasteiger charge is 2.42. The molecule has 0 bridgehead atoms. The van der Waals surface area contributed by atoms with Gasteiger partial charge in [0.25, 0.3) is 0 Å². The normalized spacial score (nSPS) is 32.3. The molecule has 0 aromatic carbocycles. The van der Waals surface area contributed by atoms with Gasteiger partial charge < -0.3 is 4.74 Å². The fourth-order valence-electron chi connectivity index (χ4n) is 1.89. The van der Waals surface area contributed by atoms with Crippen molar-refractivity contribution in [3.8, 4) is 0 Å². The van der Waals surface area contributed by atoms with E-state index in [0.29, 0.717) is 25.5 Å². The molecule has 1 N–H and O–H groups in total. The first kappa shape index (κ1) is 8.47. The molecule has 2 aliphatic rings. The minimum absolute atomic E-state index is 0.0168. The fraction of sp³-hybridized carbons (Fsp3) is 1.00. The van der Waals surface area contributed by atoms with E-state index in [0.717, 1.165) is 12.8 Å². The van der Waals surface area contributed by atoms with E-state index >= 15 is 0 Å². The third kappa shape index (κ3) is 1.48. The summed E-state index contributed by atoms with van der Waals surface area (Å²) in [6, 6.07) is 0. The summed E-state index contributed by atoms with van der Waals surface area (Å²) in [5.74, 6) is 0.295. The van der Waals surface area contributed by atoms with Gasteiger partial charge >= 0.3 is 0 Å². The van der Waals surface area contributed by atoms with E-state index in [2.05, 4.69) is 4.72 Å². The molecule has 2 heterocycles. The molecule has 2 rings (SSSR count). The summed E-state index contributed by atoms with van der Waals surface area (Å²) in [5.41, 5.74) is -0.0168. The lowest BCUT2D eigenvalue weighted by Gasteiger charge is -2.30. The highest BCUT2D eigenvalue weighted by Crippen LogP contribution is 2.34. The second kappa shape index (κ2) is 2.68. The lowest BCUT2D eigenvalue weighted by atomic mass is 9.83. The van der Waals surface area contributed by atoms with Crippen LogP contribution < -0.4 is 4.72 Å². The molecule has 0 aromatic heterocycles. The summed E-state index contributed by atoms with van der Waals surface area (Å²) in [7, 11) is -2.96. The Morgan fingerprint density at radius 1 is 1.25 bits per heavy atom. The Morgan fingerprint density at radius 3 is 2.42 bits per heavy atom. The highest BCUT2D eigenvalue weighted by atomic mass is 32.2. The van der Waals surface area contributed by atoms with Crippen molar-refractivity contribution in [2.24, 2.45) is 5.41 Å². The van der Waals surface area contributed by atoms with Gasteiger partial charge in [0.05, 0.1) is 5.75 Å². The second-order valence-corrected chi connectivity index (χ2v) is 5.50. The van der Waals surface area contributed by atoms with Crippen molar-refractivity contribution in [3.05, 3.63) is 0 Å². The largest absolute Gasteiger partial charge is 0.381 e. The molecule has 12 heavy (non-hydrogen) atoms. The zero-order valence-corrected chi connectivity index (χ0v) is 7.69. The summed E-state index contributed by atoms with van der Waals surface area (Å²) < 4.78 is 30.1. The van der Waals surface area contributed by atoms with Crippen molar-refractivity contribution < 1.29 is 13.2 Å². The van der Waals surface area contributed by atoms with Gasteiger partial charge in [0, 0.05) is 25.2 Å². The minimum atomic E-state index is -2.96. The fourth-order valence-corrected chi connectivity index (χ4v) is 3.72. The van der Waals surface area contributed by atoms with E-state index in [-0.39, 0.29) is 5.41 Å². The van der Waals surface area contributed by atoms with Crippen LogP contribution in [0.4, 0.5) is 0 Å². The van der Waals surface area contributed by atoms with Gasteiger partial charge in [-0.3, -0.25) is 0 Å². The summed E-state index contributed by atoms with van der Waals surface area (Å²) in [5, 5.41) is 0. The molecule has 4 nitrogen and oxygen atoms in total. The Labute approximate surface area is 72.3 Å². The van der Waals surface area contributed by atoms with Crippen LogP contribution in [0.2, 0.25) is 0 Å². The number of hydrogen-bond acceptors (Lipinski definition) is 3. The van der Waals surface area contributed by atoms with Crippen molar-refractivity contribution in [1.29, 1.82) is 0 Å². The van der Waals surface area contributed by atoms with Crippen LogP contribution in [-0.4, -0.2) is 33.9 Å². The summed E-state index contributed by atoms with van der Waals surface area (Å²) in [6.07, 6.45) is 1.75. The quantitative estimate of drug-likeness (QED) is 0.573. The standard InChI is InChI=1S/C7H13NO3S/c9-12(10)6-7(5-8-12)1-3-11-4-2-7/h8H,1-6H2. The maximum absolute atomic E-state index is 11.2. The Balaban J connectivity index is 2.13. The summed E-state index contributed by atoms with van der Waals surface area (Å²) in [4.78, 5) is 0. The van der Waals surface area contributed by atoms with Crippen molar-refractivity contribution >= 4 is 10.0 Å². The third-order valence-corrected chi connectivity index (χ3v) is 4.29. The molecule has 2 fully saturated rings. The van der Waals surface area contributed by atoms with E-state index in [1.807, 2.05) is 0 Å². The van der Waals surface area contributed by atoms with Crippen LogP contribution in [0.1, 0.15) is 12.8 Å². The van der Waals surface area contributed by atoms with Crippen LogP contribution in [0.15, 0.2) is 0 Å². The van der Waals surface area contributed by atoms with Crippen molar-refractivity contribution in [2.45, 2.75) is 12.8 Å². The minimum Gasteiger partial charge on any atom is -0.381 e. The van der Waals surface area contributed by atoms with Crippen LogP contribution in [0.5, 0.6) is 0 Å². The molecule has 70 valence electrons. The topological polar surface area (TPSA) is 55.4 Å². The zero-order chi connectivity index (χ0) is 8.66. The van der Waals surface area contributed by atoms with Crippen LogP contribution >= 0.6 is 0 Å². The average molecular weight is 191 g/mol. The zero-order valence-electron chi connectivity index (χ0n) is 6.88. The monoisotopic (exact) mass is 191 g/mol. The molecule has 0 atom stereocenters. The summed E-state index contributed by atoms with van der Waals surface area (Å²) in [6.45, 7) is 2.02. The Bertz CT molecular complexity index is 266. The third-order valence-electron chi connectivity index (χ3n) is 2.72. The molecular weight excluding hydrogens is 178 g/mol. The molecule has 2 aliphatic heterocycles. The van der Waals surface area contributed by atoms with E-state index in [1.54, 1.807) is 0 Å². The van der Waals surface area contributed by atoms with Gasteiger partial charge in [-0.05, 0) is 12.8 Å². The maximum atomic E-state index is 11.2. The van der Waals surface area contributed by atoms with Crippen LogP contribution in [0.3, 0.4) is 0 Å². The van der Waals surface area contributed by atoms with Gasteiger partial charge in [0.1, 0.15) is 0 Å². The first-order chi connectivity index (χ1) is 5.62. The number of rotatable bonds is 0.